The summed E-state index contributed by atoms with van der Waals surface area (Å²) in [6, 6.07) is 6.25. The summed E-state index contributed by atoms with van der Waals surface area (Å²) < 4.78 is 0. The van der Waals surface area contributed by atoms with E-state index in [-0.39, 0.29) is 0 Å². The molecule has 100 valence electrons. The highest BCUT2D eigenvalue weighted by Crippen LogP contribution is 2.30. The van der Waals surface area contributed by atoms with E-state index in [0.717, 1.165) is 36.5 Å². The van der Waals surface area contributed by atoms with Crippen LogP contribution in [0.2, 0.25) is 5.02 Å². The van der Waals surface area contributed by atoms with Crippen molar-refractivity contribution in [2.45, 2.75) is 26.8 Å². The molecule has 0 spiro atoms. The van der Waals surface area contributed by atoms with Crippen LogP contribution in [-0.2, 0) is 6.54 Å². The standard InChI is InChI=1S/C15H23ClN2/c1-11-6-12(2)10-18(9-11)15-5-4-14(16)7-13(15)8-17-3/h4-5,7,11-12,17H,6,8-10H2,1-3H3. The molecule has 0 aromatic heterocycles. The van der Waals surface area contributed by atoms with Crippen molar-refractivity contribution in [3.05, 3.63) is 28.8 Å². The highest BCUT2D eigenvalue weighted by Gasteiger charge is 2.23. The molecule has 2 atom stereocenters. The van der Waals surface area contributed by atoms with Gasteiger partial charge in [0.1, 0.15) is 0 Å². The Labute approximate surface area is 115 Å². The van der Waals surface area contributed by atoms with Crippen LogP contribution in [0.3, 0.4) is 0 Å². The molecule has 1 N–H and O–H groups in total. The molecule has 3 heteroatoms. The second kappa shape index (κ2) is 5.94. The number of nitrogens with zero attached hydrogens (tertiary/aromatic N) is 1. The molecule has 0 amide bonds. The number of rotatable bonds is 3. The molecule has 1 aliphatic rings. The second-order valence-electron chi connectivity index (χ2n) is 5.65. The molecular weight excluding hydrogens is 244 g/mol. The van der Waals surface area contributed by atoms with Crippen molar-refractivity contribution in [3.8, 4) is 0 Å². The van der Waals surface area contributed by atoms with Crippen molar-refractivity contribution in [1.82, 2.24) is 5.32 Å². The van der Waals surface area contributed by atoms with Gasteiger partial charge in [0.05, 0.1) is 0 Å². The number of benzene rings is 1. The lowest BCUT2D eigenvalue weighted by Crippen LogP contribution is -2.39. The Morgan fingerprint density at radius 2 is 1.94 bits per heavy atom. The molecule has 2 nitrogen and oxygen atoms in total. The Bertz CT molecular complexity index is 395. The normalized spacial score (nSPS) is 24.3. The summed E-state index contributed by atoms with van der Waals surface area (Å²) in [5.41, 5.74) is 2.64. The Morgan fingerprint density at radius 3 is 2.56 bits per heavy atom. The van der Waals surface area contributed by atoms with Gasteiger partial charge >= 0.3 is 0 Å². The van der Waals surface area contributed by atoms with Crippen LogP contribution in [0.4, 0.5) is 5.69 Å². The van der Waals surface area contributed by atoms with Crippen LogP contribution in [0.5, 0.6) is 0 Å². The Kier molecular flexibility index (Phi) is 4.52. The van der Waals surface area contributed by atoms with Gasteiger partial charge in [0.15, 0.2) is 0 Å². The van der Waals surface area contributed by atoms with Crippen molar-refractivity contribution in [2.24, 2.45) is 11.8 Å². The fraction of sp³-hybridized carbons (Fsp3) is 0.600. The fourth-order valence-electron chi connectivity index (χ4n) is 3.05. The van der Waals surface area contributed by atoms with E-state index in [9.17, 15) is 0 Å². The van der Waals surface area contributed by atoms with Crippen molar-refractivity contribution in [3.63, 3.8) is 0 Å². The lowest BCUT2D eigenvalue weighted by molar-refractivity contribution is 0.356. The van der Waals surface area contributed by atoms with E-state index in [0.29, 0.717) is 0 Å². The minimum atomic E-state index is 0.770. The maximum absolute atomic E-state index is 6.10. The van der Waals surface area contributed by atoms with Crippen LogP contribution in [0.25, 0.3) is 0 Å². The summed E-state index contributed by atoms with van der Waals surface area (Å²) >= 11 is 6.10. The third kappa shape index (κ3) is 3.18. The molecule has 1 heterocycles. The first-order chi connectivity index (χ1) is 8.60. The molecular formula is C15H23ClN2. The van der Waals surface area contributed by atoms with Crippen LogP contribution in [0.15, 0.2) is 18.2 Å². The summed E-state index contributed by atoms with van der Waals surface area (Å²) in [4.78, 5) is 2.52. The van der Waals surface area contributed by atoms with Crippen LogP contribution in [0.1, 0.15) is 25.8 Å². The highest BCUT2D eigenvalue weighted by molar-refractivity contribution is 6.30. The number of hydrogen-bond acceptors (Lipinski definition) is 2. The molecule has 1 aromatic carbocycles. The summed E-state index contributed by atoms with van der Waals surface area (Å²) in [5.74, 6) is 1.54. The molecule has 1 aromatic rings. The van der Waals surface area contributed by atoms with Crippen molar-refractivity contribution in [1.29, 1.82) is 0 Å². The van der Waals surface area contributed by atoms with E-state index < -0.39 is 0 Å². The molecule has 1 fully saturated rings. The van der Waals surface area contributed by atoms with Gasteiger partial charge in [-0.15, -0.1) is 0 Å². The van der Waals surface area contributed by atoms with Crippen LogP contribution in [-0.4, -0.2) is 20.1 Å². The van der Waals surface area contributed by atoms with Gasteiger partial charge in [-0.3, -0.25) is 0 Å². The highest BCUT2D eigenvalue weighted by atomic mass is 35.5. The van der Waals surface area contributed by atoms with E-state index in [4.69, 9.17) is 11.6 Å². The first-order valence-corrected chi connectivity index (χ1v) is 7.16. The molecule has 2 rings (SSSR count). The molecule has 0 radical (unpaired) electrons. The minimum absolute atomic E-state index is 0.770. The molecule has 1 aliphatic heterocycles. The van der Waals surface area contributed by atoms with Gasteiger partial charge in [0.2, 0.25) is 0 Å². The second-order valence-corrected chi connectivity index (χ2v) is 6.09. The van der Waals surface area contributed by atoms with E-state index in [1.54, 1.807) is 0 Å². The maximum atomic E-state index is 6.10. The lowest BCUT2D eigenvalue weighted by atomic mass is 9.91. The van der Waals surface area contributed by atoms with Gasteiger partial charge in [-0.25, -0.2) is 0 Å². The summed E-state index contributed by atoms with van der Waals surface area (Å²) in [5, 5.41) is 4.05. The monoisotopic (exact) mass is 266 g/mol. The molecule has 18 heavy (non-hydrogen) atoms. The predicted octanol–water partition coefficient (Wildman–Crippen LogP) is 3.54. The van der Waals surface area contributed by atoms with Crippen LogP contribution in [0, 0.1) is 11.8 Å². The molecule has 0 bridgehead atoms. The lowest BCUT2D eigenvalue weighted by Gasteiger charge is -2.37. The third-order valence-corrected chi connectivity index (χ3v) is 3.85. The Balaban J connectivity index is 2.25. The average molecular weight is 267 g/mol. The van der Waals surface area contributed by atoms with Crippen molar-refractivity contribution >= 4 is 17.3 Å². The molecule has 1 saturated heterocycles. The molecule has 0 aliphatic carbocycles. The number of hydrogen-bond donors (Lipinski definition) is 1. The Hall–Kier alpha value is -0.730. The van der Waals surface area contributed by atoms with E-state index in [2.05, 4.69) is 36.2 Å². The summed E-state index contributed by atoms with van der Waals surface area (Å²) in [6.45, 7) is 7.87. The quantitative estimate of drug-likeness (QED) is 0.900. The zero-order chi connectivity index (χ0) is 13.1. The van der Waals surface area contributed by atoms with E-state index in [1.807, 2.05) is 13.1 Å². The van der Waals surface area contributed by atoms with Crippen LogP contribution < -0.4 is 10.2 Å². The summed E-state index contributed by atoms with van der Waals surface area (Å²) in [6.07, 6.45) is 1.34. The predicted molar refractivity (Wildman–Crippen MR) is 79.4 cm³/mol. The zero-order valence-corrected chi connectivity index (χ0v) is 12.3. The van der Waals surface area contributed by atoms with Gasteiger partial charge in [0, 0.05) is 30.3 Å². The van der Waals surface area contributed by atoms with E-state index >= 15 is 0 Å². The SMILES string of the molecule is CNCc1cc(Cl)ccc1N1CC(C)CC(C)C1. The topological polar surface area (TPSA) is 15.3 Å². The van der Waals surface area contributed by atoms with Gasteiger partial charge in [0.25, 0.3) is 0 Å². The number of anilines is 1. The first kappa shape index (κ1) is 13.7. The zero-order valence-electron chi connectivity index (χ0n) is 11.5. The number of nitrogens with one attached hydrogen (secondary N) is 1. The first-order valence-electron chi connectivity index (χ1n) is 6.78. The maximum Gasteiger partial charge on any atom is 0.0413 e. The minimum Gasteiger partial charge on any atom is -0.371 e. The van der Waals surface area contributed by atoms with Crippen molar-refractivity contribution < 1.29 is 0 Å². The Morgan fingerprint density at radius 1 is 1.28 bits per heavy atom. The number of halogens is 1. The van der Waals surface area contributed by atoms with Gasteiger partial charge in [-0.2, -0.15) is 0 Å². The number of piperidine rings is 1. The average Bonchev–Trinajstić information content (AvgIpc) is 2.28. The third-order valence-electron chi connectivity index (χ3n) is 3.62. The van der Waals surface area contributed by atoms with Crippen LogP contribution >= 0.6 is 11.6 Å². The molecule has 0 saturated carbocycles. The van der Waals surface area contributed by atoms with Gasteiger partial charge in [-0.1, -0.05) is 25.4 Å². The van der Waals surface area contributed by atoms with Crippen molar-refractivity contribution in [2.75, 3.05) is 25.0 Å². The van der Waals surface area contributed by atoms with E-state index in [1.165, 1.54) is 17.7 Å². The smallest absolute Gasteiger partial charge is 0.0413 e. The van der Waals surface area contributed by atoms with Gasteiger partial charge in [-0.05, 0) is 49.1 Å². The largest absolute Gasteiger partial charge is 0.371 e. The van der Waals surface area contributed by atoms with Gasteiger partial charge < -0.3 is 10.2 Å². The summed E-state index contributed by atoms with van der Waals surface area (Å²) in [7, 11) is 1.98. The molecule has 2 unspecified atom stereocenters. The fourth-order valence-corrected chi connectivity index (χ4v) is 3.25.